The zero-order valence-electron chi connectivity index (χ0n) is 18.6. The Balaban J connectivity index is 1.35. The number of anilines is 1. The summed E-state index contributed by atoms with van der Waals surface area (Å²) < 4.78 is 47.4. The van der Waals surface area contributed by atoms with Crippen LogP contribution in [0.1, 0.15) is 5.56 Å². The van der Waals surface area contributed by atoms with E-state index < -0.39 is 12.5 Å². The predicted molar refractivity (Wildman–Crippen MR) is 124 cm³/mol. The van der Waals surface area contributed by atoms with Gasteiger partial charge in [0.15, 0.2) is 5.82 Å². The smallest absolute Gasteiger partial charge is 0.495 e. The fourth-order valence-electron chi connectivity index (χ4n) is 3.05. The minimum atomic E-state index is -4.76. The lowest BCUT2D eigenvalue weighted by Gasteiger charge is -2.09. The van der Waals surface area contributed by atoms with Crippen molar-refractivity contribution in [2.24, 2.45) is 5.16 Å². The Morgan fingerprint density at radius 1 is 1.03 bits per heavy atom. The van der Waals surface area contributed by atoms with E-state index in [1.54, 1.807) is 48.5 Å². The second-order valence-electron chi connectivity index (χ2n) is 7.11. The summed E-state index contributed by atoms with van der Waals surface area (Å²) >= 11 is 0. The average Bonchev–Trinajstić information content (AvgIpc) is 3.35. The summed E-state index contributed by atoms with van der Waals surface area (Å²) in [6.45, 7) is 0. The van der Waals surface area contributed by atoms with Gasteiger partial charge in [0.1, 0.15) is 17.8 Å². The van der Waals surface area contributed by atoms with Crippen molar-refractivity contribution >= 4 is 18.0 Å². The van der Waals surface area contributed by atoms with E-state index in [-0.39, 0.29) is 5.75 Å². The van der Waals surface area contributed by atoms with Crippen LogP contribution in [0.5, 0.6) is 11.5 Å². The maximum atomic E-state index is 12.3. The van der Waals surface area contributed by atoms with Crippen LogP contribution in [0.3, 0.4) is 0 Å². The monoisotopic (exact) mass is 497 g/mol. The Kier molecular flexibility index (Phi) is 7.14. The summed E-state index contributed by atoms with van der Waals surface area (Å²) in [5, 5.41) is 10.6. The lowest BCUT2D eigenvalue weighted by atomic mass is 10.1. The van der Waals surface area contributed by atoms with Gasteiger partial charge in [0.25, 0.3) is 0 Å². The van der Waals surface area contributed by atoms with Crippen LogP contribution >= 0.6 is 0 Å². The molecule has 0 aliphatic rings. The molecule has 4 rings (SSSR count). The van der Waals surface area contributed by atoms with Crippen LogP contribution in [0.25, 0.3) is 17.1 Å². The van der Waals surface area contributed by atoms with Crippen molar-refractivity contribution in [2.75, 3.05) is 12.4 Å². The van der Waals surface area contributed by atoms with Crippen LogP contribution < -0.4 is 14.8 Å². The molecule has 1 amide bonds. The third-order valence-corrected chi connectivity index (χ3v) is 4.68. The maximum Gasteiger partial charge on any atom is 0.573 e. The molecule has 0 atom stereocenters. The summed E-state index contributed by atoms with van der Waals surface area (Å²) in [7, 11) is 1.49. The number of nitrogens with zero attached hydrogens (tertiary/aromatic N) is 4. The Morgan fingerprint density at radius 2 is 1.75 bits per heavy atom. The van der Waals surface area contributed by atoms with Gasteiger partial charge in [0.05, 0.1) is 24.7 Å². The lowest BCUT2D eigenvalue weighted by molar-refractivity contribution is -0.274. The molecule has 184 valence electrons. The second-order valence-corrected chi connectivity index (χ2v) is 7.11. The molecule has 12 heteroatoms. The number of amides is 1. The van der Waals surface area contributed by atoms with Gasteiger partial charge < -0.3 is 9.47 Å². The van der Waals surface area contributed by atoms with Crippen molar-refractivity contribution in [3.05, 3.63) is 84.7 Å². The SMILES string of the molecule is COc1ccccc1NC(=O)O/N=C/c1ccc(-c2ncn(-c3ccc(OC(F)(F)F)cc3)n2)cc1. The van der Waals surface area contributed by atoms with Gasteiger partial charge in [-0.2, -0.15) is 0 Å². The molecule has 1 aromatic heterocycles. The van der Waals surface area contributed by atoms with E-state index in [1.807, 2.05) is 0 Å². The van der Waals surface area contributed by atoms with Gasteiger partial charge in [-0.3, -0.25) is 10.2 Å². The summed E-state index contributed by atoms with van der Waals surface area (Å²) in [4.78, 5) is 21.0. The number of carbonyl (C=O) groups excluding carboxylic acids is 1. The van der Waals surface area contributed by atoms with E-state index in [1.165, 1.54) is 48.6 Å². The van der Waals surface area contributed by atoms with Crippen molar-refractivity contribution in [3.8, 4) is 28.6 Å². The number of rotatable bonds is 7. The highest BCUT2D eigenvalue weighted by molar-refractivity contribution is 5.87. The molecule has 9 nitrogen and oxygen atoms in total. The quantitative estimate of drug-likeness (QED) is 0.208. The number of methoxy groups -OCH3 is 1. The first kappa shape index (κ1) is 24.3. The number of para-hydroxylation sites is 2. The number of aromatic nitrogens is 3. The van der Waals surface area contributed by atoms with E-state index in [2.05, 4.69) is 25.3 Å². The highest BCUT2D eigenvalue weighted by Gasteiger charge is 2.31. The normalized spacial score (nSPS) is 11.3. The summed E-state index contributed by atoms with van der Waals surface area (Å²) in [6.07, 6.45) is -2.73. The molecule has 0 unspecified atom stereocenters. The number of oxime groups is 1. The van der Waals surface area contributed by atoms with Crippen molar-refractivity contribution in [3.63, 3.8) is 0 Å². The Bertz CT molecular complexity index is 1350. The van der Waals surface area contributed by atoms with E-state index in [9.17, 15) is 18.0 Å². The van der Waals surface area contributed by atoms with Crippen molar-refractivity contribution in [2.45, 2.75) is 6.36 Å². The van der Waals surface area contributed by atoms with Crippen LogP contribution in [-0.2, 0) is 4.84 Å². The molecular weight excluding hydrogens is 479 g/mol. The van der Waals surface area contributed by atoms with Crippen molar-refractivity contribution < 1.29 is 32.3 Å². The van der Waals surface area contributed by atoms with E-state index >= 15 is 0 Å². The van der Waals surface area contributed by atoms with Crippen LogP contribution in [0.2, 0.25) is 0 Å². The van der Waals surface area contributed by atoms with Crippen molar-refractivity contribution in [1.82, 2.24) is 14.8 Å². The molecule has 36 heavy (non-hydrogen) atoms. The zero-order chi connectivity index (χ0) is 25.5. The summed E-state index contributed by atoms with van der Waals surface area (Å²) in [6, 6.07) is 19.1. The zero-order valence-corrected chi connectivity index (χ0v) is 18.6. The molecule has 0 aliphatic carbocycles. The first-order valence-electron chi connectivity index (χ1n) is 10.3. The van der Waals surface area contributed by atoms with Crippen LogP contribution in [-0.4, -0.2) is 40.5 Å². The first-order chi connectivity index (χ1) is 17.3. The molecule has 0 saturated carbocycles. The number of carbonyl (C=O) groups is 1. The lowest BCUT2D eigenvalue weighted by Crippen LogP contribution is -2.17. The molecule has 1 N–H and O–H groups in total. The van der Waals surface area contributed by atoms with Crippen molar-refractivity contribution in [1.29, 1.82) is 0 Å². The van der Waals surface area contributed by atoms with Crippen LogP contribution in [0.15, 0.2) is 84.3 Å². The molecule has 0 fully saturated rings. The predicted octanol–water partition coefficient (Wildman–Crippen LogP) is 5.42. The Morgan fingerprint density at radius 3 is 2.44 bits per heavy atom. The highest BCUT2D eigenvalue weighted by Crippen LogP contribution is 2.24. The third kappa shape index (κ3) is 6.38. The molecule has 0 spiro atoms. The number of alkyl halides is 3. The van der Waals surface area contributed by atoms with Gasteiger partial charge in [-0.05, 0) is 42.0 Å². The number of ether oxygens (including phenoxy) is 2. The van der Waals surface area contributed by atoms with Gasteiger partial charge in [-0.25, -0.2) is 14.5 Å². The maximum absolute atomic E-state index is 12.3. The van der Waals surface area contributed by atoms with Gasteiger partial charge >= 0.3 is 12.5 Å². The molecule has 0 bridgehead atoms. The summed E-state index contributed by atoms with van der Waals surface area (Å²) in [5.74, 6) is 0.559. The average molecular weight is 497 g/mol. The molecule has 3 aromatic carbocycles. The standard InChI is InChI=1S/C24H18F3N5O4/c1-34-21-5-3-2-4-20(21)30-23(33)36-29-14-16-6-8-17(9-7-16)22-28-15-32(31-22)18-10-12-19(13-11-18)35-24(25,26)27/h2-15H,1H3,(H,30,33)/b29-14+. The van der Waals surface area contributed by atoms with Gasteiger partial charge in [-0.1, -0.05) is 41.6 Å². The van der Waals surface area contributed by atoms with E-state index in [4.69, 9.17) is 9.57 Å². The van der Waals surface area contributed by atoms with E-state index in [0.717, 1.165) is 0 Å². The Hall–Kier alpha value is -4.87. The van der Waals surface area contributed by atoms with Crippen LogP contribution in [0, 0.1) is 0 Å². The minimum Gasteiger partial charge on any atom is -0.495 e. The topological polar surface area (TPSA) is 99.9 Å². The largest absolute Gasteiger partial charge is 0.573 e. The van der Waals surface area contributed by atoms with Gasteiger partial charge in [0.2, 0.25) is 0 Å². The van der Waals surface area contributed by atoms with Gasteiger partial charge in [0, 0.05) is 5.56 Å². The molecule has 0 radical (unpaired) electrons. The summed E-state index contributed by atoms with van der Waals surface area (Å²) in [5.41, 5.74) is 2.30. The number of nitrogens with one attached hydrogen (secondary N) is 1. The number of hydrogen-bond donors (Lipinski definition) is 1. The number of halogens is 3. The number of hydrogen-bond acceptors (Lipinski definition) is 7. The molecular formula is C24H18F3N5O4. The second kappa shape index (κ2) is 10.6. The fourth-order valence-corrected chi connectivity index (χ4v) is 3.05. The molecule has 0 saturated heterocycles. The molecule has 4 aromatic rings. The third-order valence-electron chi connectivity index (χ3n) is 4.68. The fraction of sp³-hybridized carbons (Fsp3) is 0.0833. The van der Waals surface area contributed by atoms with E-state index in [0.29, 0.717) is 34.1 Å². The Labute approximate surface area is 202 Å². The first-order valence-corrected chi connectivity index (χ1v) is 10.3. The van der Waals surface area contributed by atoms with Gasteiger partial charge in [-0.15, -0.1) is 18.3 Å². The molecule has 0 aliphatic heterocycles. The minimum absolute atomic E-state index is 0.329. The number of benzene rings is 3. The van der Waals surface area contributed by atoms with Crippen LogP contribution in [0.4, 0.5) is 23.7 Å². The highest BCUT2D eigenvalue weighted by atomic mass is 19.4. The molecule has 1 heterocycles.